The SMILES string of the molecule is CCCCC(=O)Nc1ccc(NCCOC)cn1. The molecule has 0 fully saturated rings. The summed E-state index contributed by atoms with van der Waals surface area (Å²) in [6.07, 6.45) is 4.17. The topological polar surface area (TPSA) is 63.2 Å². The Morgan fingerprint density at radius 1 is 1.44 bits per heavy atom. The van der Waals surface area contributed by atoms with Crippen molar-refractivity contribution in [3.63, 3.8) is 0 Å². The highest BCUT2D eigenvalue weighted by Crippen LogP contribution is 2.10. The summed E-state index contributed by atoms with van der Waals surface area (Å²) in [6, 6.07) is 3.68. The van der Waals surface area contributed by atoms with Crippen LogP contribution in [0.2, 0.25) is 0 Å². The van der Waals surface area contributed by atoms with Crippen LogP contribution in [-0.2, 0) is 9.53 Å². The zero-order chi connectivity index (χ0) is 13.2. The molecule has 0 aliphatic carbocycles. The van der Waals surface area contributed by atoms with E-state index in [2.05, 4.69) is 22.5 Å². The zero-order valence-electron chi connectivity index (χ0n) is 11.0. The number of aromatic nitrogens is 1. The molecule has 2 N–H and O–H groups in total. The van der Waals surface area contributed by atoms with E-state index in [-0.39, 0.29) is 5.91 Å². The lowest BCUT2D eigenvalue weighted by molar-refractivity contribution is -0.116. The third-order valence-electron chi connectivity index (χ3n) is 2.42. The highest BCUT2D eigenvalue weighted by atomic mass is 16.5. The van der Waals surface area contributed by atoms with Crippen molar-refractivity contribution < 1.29 is 9.53 Å². The van der Waals surface area contributed by atoms with Gasteiger partial charge >= 0.3 is 0 Å². The average molecular weight is 251 g/mol. The summed E-state index contributed by atoms with van der Waals surface area (Å²) in [5, 5.41) is 5.93. The average Bonchev–Trinajstić information content (AvgIpc) is 2.39. The van der Waals surface area contributed by atoms with E-state index in [1.165, 1.54) is 0 Å². The number of hydrogen-bond donors (Lipinski definition) is 2. The van der Waals surface area contributed by atoms with Gasteiger partial charge in [0.05, 0.1) is 18.5 Å². The Balaban J connectivity index is 2.37. The number of unbranched alkanes of at least 4 members (excludes halogenated alkanes) is 1. The van der Waals surface area contributed by atoms with Gasteiger partial charge in [-0.15, -0.1) is 0 Å². The summed E-state index contributed by atoms with van der Waals surface area (Å²) in [7, 11) is 1.66. The van der Waals surface area contributed by atoms with E-state index in [4.69, 9.17) is 4.74 Å². The van der Waals surface area contributed by atoms with Crippen molar-refractivity contribution in [3.8, 4) is 0 Å². The van der Waals surface area contributed by atoms with E-state index in [0.717, 1.165) is 25.1 Å². The van der Waals surface area contributed by atoms with Crippen molar-refractivity contribution in [2.75, 3.05) is 30.9 Å². The monoisotopic (exact) mass is 251 g/mol. The second kappa shape index (κ2) is 8.47. The number of nitrogens with zero attached hydrogens (tertiary/aromatic N) is 1. The maximum Gasteiger partial charge on any atom is 0.225 e. The number of carbonyl (C=O) groups is 1. The Labute approximate surface area is 108 Å². The fraction of sp³-hybridized carbons (Fsp3) is 0.538. The molecule has 1 heterocycles. The second-order valence-electron chi connectivity index (χ2n) is 4.00. The van der Waals surface area contributed by atoms with Crippen LogP contribution in [0.15, 0.2) is 18.3 Å². The molecule has 100 valence electrons. The van der Waals surface area contributed by atoms with Gasteiger partial charge in [-0.2, -0.15) is 0 Å². The van der Waals surface area contributed by atoms with E-state index in [1.807, 2.05) is 6.07 Å². The van der Waals surface area contributed by atoms with Gasteiger partial charge in [0, 0.05) is 20.1 Å². The van der Waals surface area contributed by atoms with Crippen molar-refractivity contribution in [2.24, 2.45) is 0 Å². The first kappa shape index (κ1) is 14.4. The summed E-state index contributed by atoms with van der Waals surface area (Å²) in [6.45, 7) is 3.45. The smallest absolute Gasteiger partial charge is 0.225 e. The summed E-state index contributed by atoms with van der Waals surface area (Å²) in [5.74, 6) is 0.609. The molecule has 1 amide bonds. The number of nitrogens with one attached hydrogen (secondary N) is 2. The fourth-order valence-corrected chi connectivity index (χ4v) is 1.41. The number of rotatable bonds is 8. The molecule has 0 spiro atoms. The molecule has 0 aromatic carbocycles. The van der Waals surface area contributed by atoms with E-state index >= 15 is 0 Å². The van der Waals surface area contributed by atoms with Crippen LogP contribution in [0.4, 0.5) is 11.5 Å². The molecule has 1 aromatic heterocycles. The standard InChI is InChI=1S/C13H21N3O2/c1-3-4-5-13(17)16-12-7-6-11(10-15-12)14-8-9-18-2/h6-7,10,14H,3-5,8-9H2,1-2H3,(H,15,16,17). The van der Waals surface area contributed by atoms with Gasteiger partial charge in [-0.1, -0.05) is 13.3 Å². The van der Waals surface area contributed by atoms with Crippen molar-refractivity contribution in [1.29, 1.82) is 0 Å². The predicted octanol–water partition coefficient (Wildman–Crippen LogP) is 2.27. The Hall–Kier alpha value is -1.62. The van der Waals surface area contributed by atoms with Crippen LogP contribution >= 0.6 is 0 Å². The van der Waals surface area contributed by atoms with Gasteiger partial charge < -0.3 is 15.4 Å². The molecule has 18 heavy (non-hydrogen) atoms. The van der Waals surface area contributed by atoms with Gasteiger partial charge in [0.2, 0.25) is 5.91 Å². The minimum Gasteiger partial charge on any atom is -0.383 e. The molecule has 0 unspecified atom stereocenters. The molecule has 5 nitrogen and oxygen atoms in total. The summed E-state index contributed by atoms with van der Waals surface area (Å²) in [4.78, 5) is 15.7. The van der Waals surface area contributed by atoms with Crippen LogP contribution in [0.5, 0.6) is 0 Å². The molecule has 1 aromatic rings. The third-order valence-corrected chi connectivity index (χ3v) is 2.42. The van der Waals surface area contributed by atoms with Gasteiger partial charge in [0.1, 0.15) is 5.82 Å². The minimum atomic E-state index is 0.0180. The first-order valence-electron chi connectivity index (χ1n) is 6.25. The van der Waals surface area contributed by atoms with Crippen LogP contribution in [-0.4, -0.2) is 31.2 Å². The Kier molecular flexibility index (Phi) is 6.79. The van der Waals surface area contributed by atoms with Crippen LogP contribution in [0.25, 0.3) is 0 Å². The van der Waals surface area contributed by atoms with Gasteiger partial charge in [-0.25, -0.2) is 4.98 Å². The number of pyridine rings is 1. The number of anilines is 2. The second-order valence-corrected chi connectivity index (χ2v) is 4.00. The number of carbonyl (C=O) groups excluding carboxylic acids is 1. The number of hydrogen-bond acceptors (Lipinski definition) is 4. The number of amides is 1. The highest BCUT2D eigenvalue weighted by Gasteiger charge is 2.02. The lowest BCUT2D eigenvalue weighted by atomic mass is 10.2. The largest absolute Gasteiger partial charge is 0.383 e. The number of ether oxygens (including phenoxy) is 1. The van der Waals surface area contributed by atoms with E-state index in [0.29, 0.717) is 18.8 Å². The van der Waals surface area contributed by atoms with Gasteiger partial charge in [0.15, 0.2) is 0 Å². The summed E-state index contributed by atoms with van der Waals surface area (Å²) < 4.78 is 4.94. The van der Waals surface area contributed by atoms with E-state index in [1.54, 1.807) is 19.4 Å². The molecule has 0 radical (unpaired) electrons. The lowest BCUT2D eigenvalue weighted by Crippen LogP contribution is -2.12. The third kappa shape index (κ3) is 5.63. The maximum atomic E-state index is 11.5. The van der Waals surface area contributed by atoms with Gasteiger partial charge in [0.25, 0.3) is 0 Å². The molecule has 1 rings (SSSR count). The van der Waals surface area contributed by atoms with Crippen molar-refractivity contribution in [2.45, 2.75) is 26.2 Å². The van der Waals surface area contributed by atoms with Gasteiger partial charge in [-0.3, -0.25) is 4.79 Å². The van der Waals surface area contributed by atoms with E-state index in [9.17, 15) is 4.79 Å². The highest BCUT2D eigenvalue weighted by molar-refractivity contribution is 5.89. The summed E-state index contributed by atoms with van der Waals surface area (Å²) in [5.41, 5.74) is 0.915. The Morgan fingerprint density at radius 2 is 2.28 bits per heavy atom. The molecular formula is C13H21N3O2. The van der Waals surface area contributed by atoms with E-state index < -0.39 is 0 Å². The zero-order valence-corrected chi connectivity index (χ0v) is 11.0. The fourth-order valence-electron chi connectivity index (χ4n) is 1.41. The number of methoxy groups -OCH3 is 1. The van der Waals surface area contributed by atoms with Crippen LogP contribution in [0.3, 0.4) is 0 Å². The van der Waals surface area contributed by atoms with Crippen molar-refractivity contribution >= 4 is 17.4 Å². The summed E-state index contributed by atoms with van der Waals surface area (Å²) >= 11 is 0. The van der Waals surface area contributed by atoms with Crippen LogP contribution in [0, 0.1) is 0 Å². The first-order valence-corrected chi connectivity index (χ1v) is 6.25. The lowest BCUT2D eigenvalue weighted by Gasteiger charge is -2.07. The maximum absolute atomic E-state index is 11.5. The molecule has 0 atom stereocenters. The molecule has 5 heteroatoms. The Morgan fingerprint density at radius 3 is 2.89 bits per heavy atom. The molecule has 0 saturated carbocycles. The van der Waals surface area contributed by atoms with Crippen LogP contribution in [0.1, 0.15) is 26.2 Å². The first-order chi connectivity index (χ1) is 8.76. The minimum absolute atomic E-state index is 0.0180. The van der Waals surface area contributed by atoms with Crippen molar-refractivity contribution in [1.82, 2.24) is 4.98 Å². The van der Waals surface area contributed by atoms with Crippen LogP contribution < -0.4 is 10.6 Å². The quantitative estimate of drug-likeness (QED) is 0.696. The molecule has 0 aliphatic heterocycles. The normalized spacial score (nSPS) is 10.1. The molecule has 0 saturated heterocycles. The molecule has 0 aliphatic rings. The van der Waals surface area contributed by atoms with Crippen molar-refractivity contribution in [3.05, 3.63) is 18.3 Å². The predicted molar refractivity (Wildman–Crippen MR) is 72.8 cm³/mol. The molecule has 0 bridgehead atoms. The van der Waals surface area contributed by atoms with Gasteiger partial charge in [-0.05, 0) is 18.6 Å². The molecular weight excluding hydrogens is 230 g/mol. The Bertz CT molecular complexity index is 352.